The molecular formula is C21H28N4O3. The van der Waals surface area contributed by atoms with Gasteiger partial charge in [-0.15, -0.1) is 0 Å². The number of amides is 2. The first kappa shape index (κ1) is 20.1. The highest BCUT2D eigenvalue weighted by atomic mass is 16.5. The Hall–Kier alpha value is -2.67. The molecule has 7 heteroatoms. The third-order valence-corrected chi connectivity index (χ3v) is 5.07. The van der Waals surface area contributed by atoms with Crippen LogP contribution in [0.3, 0.4) is 0 Å². The van der Waals surface area contributed by atoms with Crippen molar-refractivity contribution >= 4 is 11.7 Å². The maximum atomic E-state index is 12.1. The molecule has 2 aromatic rings. The van der Waals surface area contributed by atoms with Crippen molar-refractivity contribution in [3.63, 3.8) is 0 Å². The van der Waals surface area contributed by atoms with Crippen LogP contribution in [0.25, 0.3) is 0 Å². The van der Waals surface area contributed by atoms with Crippen molar-refractivity contribution in [1.82, 2.24) is 14.9 Å². The van der Waals surface area contributed by atoms with E-state index in [0.717, 1.165) is 12.0 Å². The Morgan fingerprint density at radius 2 is 2.14 bits per heavy atom. The summed E-state index contributed by atoms with van der Waals surface area (Å²) in [6, 6.07) is 8.86. The molecule has 2 amide bonds. The summed E-state index contributed by atoms with van der Waals surface area (Å²) in [7, 11) is 0. The molecule has 150 valence electrons. The average Bonchev–Trinajstić information content (AvgIpc) is 2.69. The molecule has 3 rings (SSSR count). The van der Waals surface area contributed by atoms with E-state index in [9.17, 15) is 9.59 Å². The Bertz CT molecular complexity index is 836. The number of ether oxygens (including phenoxy) is 1. The number of rotatable bonds is 7. The molecule has 28 heavy (non-hydrogen) atoms. The van der Waals surface area contributed by atoms with Crippen LogP contribution in [0.4, 0.5) is 10.5 Å². The van der Waals surface area contributed by atoms with Gasteiger partial charge in [0.15, 0.2) is 0 Å². The number of benzene rings is 1. The van der Waals surface area contributed by atoms with Crippen LogP contribution < -0.4 is 16.3 Å². The van der Waals surface area contributed by atoms with Gasteiger partial charge >= 0.3 is 11.7 Å². The standard InChI is InChI=1S/C21H28N4O3/c1-16-6-2-3-9-19(16)28-13-11-22-20(26)24-18-8-4-7-17(14-18)15-25-12-5-10-23-21(25)27/h4-5,7-8,10,12,14,16,19H,2-3,6,9,11,13,15H2,1H3,(H2,22,24,26)/t16-,19-/m1/s1. The fourth-order valence-corrected chi connectivity index (χ4v) is 3.53. The van der Waals surface area contributed by atoms with E-state index in [1.807, 2.05) is 24.3 Å². The van der Waals surface area contributed by atoms with Gasteiger partial charge in [-0.25, -0.2) is 14.6 Å². The van der Waals surface area contributed by atoms with Crippen molar-refractivity contribution in [1.29, 1.82) is 0 Å². The lowest BCUT2D eigenvalue weighted by molar-refractivity contribution is -0.00232. The van der Waals surface area contributed by atoms with Gasteiger partial charge in [0.2, 0.25) is 0 Å². The highest BCUT2D eigenvalue weighted by molar-refractivity contribution is 5.89. The van der Waals surface area contributed by atoms with Crippen LogP contribution in [0.5, 0.6) is 0 Å². The Morgan fingerprint density at radius 1 is 1.29 bits per heavy atom. The van der Waals surface area contributed by atoms with Gasteiger partial charge in [0.25, 0.3) is 0 Å². The zero-order valence-corrected chi connectivity index (χ0v) is 16.3. The van der Waals surface area contributed by atoms with E-state index in [4.69, 9.17) is 4.74 Å². The summed E-state index contributed by atoms with van der Waals surface area (Å²) in [4.78, 5) is 27.6. The molecule has 1 aromatic heterocycles. The van der Waals surface area contributed by atoms with E-state index in [1.165, 1.54) is 30.0 Å². The van der Waals surface area contributed by atoms with Gasteiger partial charge in [0.05, 0.1) is 19.3 Å². The molecule has 0 unspecified atom stereocenters. The zero-order valence-electron chi connectivity index (χ0n) is 16.3. The van der Waals surface area contributed by atoms with E-state index in [1.54, 1.807) is 12.3 Å². The quantitative estimate of drug-likeness (QED) is 0.719. The Morgan fingerprint density at radius 3 is 2.96 bits per heavy atom. The number of nitrogens with zero attached hydrogens (tertiary/aromatic N) is 2. The molecule has 1 fully saturated rings. The maximum absolute atomic E-state index is 12.1. The fraction of sp³-hybridized carbons (Fsp3) is 0.476. The van der Waals surface area contributed by atoms with Gasteiger partial charge in [-0.05, 0) is 42.5 Å². The summed E-state index contributed by atoms with van der Waals surface area (Å²) in [5.74, 6) is 0.595. The van der Waals surface area contributed by atoms with E-state index >= 15 is 0 Å². The number of aromatic nitrogens is 2. The molecule has 7 nitrogen and oxygen atoms in total. The highest BCUT2D eigenvalue weighted by Crippen LogP contribution is 2.25. The van der Waals surface area contributed by atoms with Crippen molar-refractivity contribution < 1.29 is 9.53 Å². The lowest BCUT2D eigenvalue weighted by atomic mass is 9.88. The summed E-state index contributed by atoms with van der Waals surface area (Å²) in [6.07, 6.45) is 8.32. The second kappa shape index (κ2) is 10.0. The fourth-order valence-electron chi connectivity index (χ4n) is 3.53. The summed E-state index contributed by atoms with van der Waals surface area (Å²) >= 11 is 0. The number of carbonyl (C=O) groups excluding carboxylic acids is 1. The minimum absolute atomic E-state index is 0.268. The molecule has 0 aliphatic heterocycles. The van der Waals surface area contributed by atoms with Gasteiger partial charge in [0.1, 0.15) is 0 Å². The monoisotopic (exact) mass is 384 g/mol. The van der Waals surface area contributed by atoms with Crippen molar-refractivity contribution in [2.45, 2.75) is 45.3 Å². The number of nitrogens with one attached hydrogen (secondary N) is 2. The molecular weight excluding hydrogens is 356 g/mol. The first-order chi connectivity index (χ1) is 13.6. The molecule has 1 heterocycles. The van der Waals surface area contributed by atoms with Gasteiger partial charge in [-0.2, -0.15) is 0 Å². The molecule has 0 bridgehead atoms. The average molecular weight is 384 g/mol. The SMILES string of the molecule is C[C@@H]1CCCC[C@H]1OCCNC(=O)Nc1cccc(Cn2cccnc2=O)c1. The van der Waals surface area contributed by atoms with Crippen LogP contribution >= 0.6 is 0 Å². The van der Waals surface area contributed by atoms with E-state index < -0.39 is 0 Å². The van der Waals surface area contributed by atoms with E-state index in [0.29, 0.717) is 37.4 Å². The predicted octanol–water partition coefficient (Wildman–Crippen LogP) is 3.01. The van der Waals surface area contributed by atoms with E-state index in [2.05, 4.69) is 22.5 Å². The molecule has 1 aliphatic rings. The van der Waals surface area contributed by atoms with Crippen LogP contribution in [-0.4, -0.2) is 34.8 Å². The molecule has 1 aliphatic carbocycles. The van der Waals surface area contributed by atoms with Crippen LogP contribution in [0.1, 0.15) is 38.2 Å². The molecule has 1 aromatic carbocycles. The highest BCUT2D eigenvalue weighted by Gasteiger charge is 2.21. The van der Waals surface area contributed by atoms with Gasteiger partial charge < -0.3 is 15.4 Å². The number of hydrogen-bond acceptors (Lipinski definition) is 4. The lowest BCUT2D eigenvalue weighted by Crippen LogP contribution is -2.34. The smallest absolute Gasteiger partial charge is 0.347 e. The van der Waals surface area contributed by atoms with Crippen LogP contribution in [0.15, 0.2) is 47.5 Å². The summed E-state index contributed by atoms with van der Waals surface area (Å²) in [6.45, 7) is 3.62. The van der Waals surface area contributed by atoms with E-state index in [-0.39, 0.29) is 11.7 Å². The molecule has 0 spiro atoms. The summed E-state index contributed by atoms with van der Waals surface area (Å²) in [5.41, 5.74) is 1.28. The minimum atomic E-state index is -0.300. The van der Waals surface area contributed by atoms with Crippen molar-refractivity contribution in [2.75, 3.05) is 18.5 Å². The zero-order chi connectivity index (χ0) is 19.8. The predicted molar refractivity (Wildman–Crippen MR) is 108 cm³/mol. The molecule has 1 saturated carbocycles. The number of hydrogen-bond donors (Lipinski definition) is 2. The van der Waals surface area contributed by atoms with Crippen molar-refractivity contribution in [3.05, 3.63) is 58.8 Å². The Balaban J connectivity index is 1.44. The third kappa shape index (κ3) is 5.92. The topological polar surface area (TPSA) is 85.2 Å². The van der Waals surface area contributed by atoms with Crippen molar-refractivity contribution in [2.24, 2.45) is 5.92 Å². The maximum Gasteiger partial charge on any atom is 0.347 e. The molecule has 0 saturated heterocycles. The summed E-state index contributed by atoms with van der Waals surface area (Å²) < 4.78 is 7.43. The van der Waals surface area contributed by atoms with Gasteiger partial charge in [-0.3, -0.25) is 4.57 Å². The largest absolute Gasteiger partial charge is 0.376 e. The molecule has 2 atom stereocenters. The molecule has 2 N–H and O–H groups in total. The lowest BCUT2D eigenvalue weighted by Gasteiger charge is -2.28. The number of carbonyl (C=O) groups is 1. The number of anilines is 1. The normalized spacial score (nSPS) is 19.2. The first-order valence-electron chi connectivity index (χ1n) is 9.88. The Labute approximate surface area is 165 Å². The first-order valence-corrected chi connectivity index (χ1v) is 9.88. The summed E-state index contributed by atoms with van der Waals surface area (Å²) in [5, 5.41) is 5.64. The number of urea groups is 1. The third-order valence-electron chi connectivity index (χ3n) is 5.07. The van der Waals surface area contributed by atoms with Crippen LogP contribution in [0, 0.1) is 5.92 Å². The van der Waals surface area contributed by atoms with Gasteiger partial charge in [0, 0.05) is 24.6 Å². The second-order valence-corrected chi connectivity index (χ2v) is 7.28. The minimum Gasteiger partial charge on any atom is -0.376 e. The Kier molecular flexibility index (Phi) is 7.19. The van der Waals surface area contributed by atoms with Gasteiger partial charge in [-0.1, -0.05) is 31.9 Å². The second-order valence-electron chi connectivity index (χ2n) is 7.28. The van der Waals surface area contributed by atoms with Crippen LogP contribution in [0.2, 0.25) is 0 Å². The van der Waals surface area contributed by atoms with Crippen molar-refractivity contribution in [3.8, 4) is 0 Å². The molecule has 0 radical (unpaired) electrons. The van der Waals surface area contributed by atoms with Crippen LogP contribution in [-0.2, 0) is 11.3 Å².